The molecule has 1 unspecified atom stereocenters. The number of hydrogen-bond donors (Lipinski definition) is 1. The molecule has 0 heterocycles. The van der Waals surface area contributed by atoms with Crippen LogP contribution in [-0.4, -0.2) is 0 Å². The third-order valence-electron chi connectivity index (χ3n) is 3.11. The van der Waals surface area contributed by atoms with Gasteiger partial charge in [0.25, 0.3) is 0 Å². The van der Waals surface area contributed by atoms with Gasteiger partial charge in [-0.3, -0.25) is 0 Å². The van der Waals surface area contributed by atoms with Crippen molar-refractivity contribution < 1.29 is 4.39 Å². The molecule has 1 atom stereocenters. The first kappa shape index (κ1) is 14.9. The first-order valence-corrected chi connectivity index (χ1v) is 7.80. The van der Waals surface area contributed by atoms with Crippen LogP contribution >= 0.6 is 38.5 Å². The average Bonchev–Trinajstić information content (AvgIpc) is 2.36. The smallest absolute Gasteiger partial charge is 0.123 e. The first-order chi connectivity index (χ1) is 8.97. The van der Waals surface area contributed by atoms with Gasteiger partial charge in [-0.2, -0.15) is 0 Å². The maximum absolute atomic E-state index is 13.3. The molecule has 0 aromatic heterocycles. The lowest BCUT2D eigenvalue weighted by atomic mass is 9.97. The molecule has 100 valence electrons. The number of rotatable bonds is 3. The van der Waals surface area contributed by atoms with Crippen molar-refractivity contribution in [3.8, 4) is 0 Å². The second-order valence-electron chi connectivity index (χ2n) is 4.55. The fourth-order valence-electron chi connectivity index (χ4n) is 2.01. The largest absolute Gasteiger partial charge is 0.324 e. The normalized spacial score (nSPS) is 12.5. The Morgan fingerprint density at radius 2 is 2.00 bits per heavy atom. The molecule has 0 aliphatic rings. The minimum atomic E-state index is -0.211. The molecule has 0 aliphatic carbocycles. The van der Waals surface area contributed by atoms with E-state index in [4.69, 9.17) is 5.73 Å². The molecule has 2 rings (SSSR count). The summed E-state index contributed by atoms with van der Waals surface area (Å²) in [4.78, 5) is 0. The molecule has 4 heteroatoms. The van der Waals surface area contributed by atoms with Crippen LogP contribution in [0.2, 0.25) is 0 Å². The molecular weight excluding hydrogens is 420 g/mol. The molecule has 0 amide bonds. The molecule has 0 saturated heterocycles. The standard InChI is InChI=1S/C15H14BrFIN/c1-9-2-4-12(17)6-10(9)7-15(19)13-8-11(16)3-5-14(13)18/h2-6,8,15H,7,19H2,1H3. The Balaban J connectivity index is 2.27. The van der Waals surface area contributed by atoms with Gasteiger partial charge in [0.05, 0.1) is 0 Å². The fraction of sp³-hybridized carbons (Fsp3) is 0.200. The van der Waals surface area contributed by atoms with Crippen LogP contribution in [0.3, 0.4) is 0 Å². The van der Waals surface area contributed by atoms with Gasteiger partial charge in [0.2, 0.25) is 0 Å². The summed E-state index contributed by atoms with van der Waals surface area (Å²) >= 11 is 5.73. The molecule has 1 nitrogen and oxygen atoms in total. The molecule has 0 saturated carbocycles. The second-order valence-corrected chi connectivity index (χ2v) is 6.63. The molecule has 0 fully saturated rings. The van der Waals surface area contributed by atoms with Gasteiger partial charge in [0.15, 0.2) is 0 Å². The minimum absolute atomic E-state index is 0.134. The van der Waals surface area contributed by atoms with Gasteiger partial charge in [-0.1, -0.05) is 22.0 Å². The highest BCUT2D eigenvalue weighted by atomic mass is 127. The summed E-state index contributed by atoms with van der Waals surface area (Å²) < 4.78 is 15.4. The Kier molecular flexibility index (Phi) is 4.97. The zero-order valence-corrected chi connectivity index (χ0v) is 14.2. The van der Waals surface area contributed by atoms with E-state index < -0.39 is 0 Å². The van der Waals surface area contributed by atoms with E-state index in [1.807, 2.05) is 25.1 Å². The van der Waals surface area contributed by atoms with Crippen LogP contribution < -0.4 is 5.73 Å². The number of nitrogens with two attached hydrogens (primary N) is 1. The highest BCUT2D eigenvalue weighted by molar-refractivity contribution is 14.1. The van der Waals surface area contributed by atoms with Crippen LogP contribution in [0.15, 0.2) is 40.9 Å². The topological polar surface area (TPSA) is 26.0 Å². The summed E-state index contributed by atoms with van der Waals surface area (Å²) in [5, 5.41) is 0. The van der Waals surface area contributed by atoms with Crippen molar-refractivity contribution in [1.29, 1.82) is 0 Å². The van der Waals surface area contributed by atoms with E-state index in [2.05, 4.69) is 38.5 Å². The van der Waals surface area contributed by atoms with E-state index in [9.17, 15) is 4.39 Å². The summed E-state index contributed by atoms with van der Waals surface area (Å²) in [6, 6.07) is 10.8. The molecule has 0 aliphatic heterocycles. The molecule has 0 radical (unpaired) electrons. The Morgan fingerprint density at radius 1 is 1.26 bits per heavy atom. The van der Waals surface area contributed by atoms with Gasteiger partial charge in [0, 0.05) is 14.1 Å². The molecule has 0 spiro atoms. The maximum Gasteiger partial charge on any atom is 0.123 e. The van der Waals surface area contributed by atoms with Crippen LogP contribution in [0.4, 0.5) is 4.39 Å². The van der Waals surface area contributed by atoms with Crippen molar-refractivity contribution in [2.45, 2.75) is 19.4 Å². The van der Waals surface area contributed by atoms with Gasteiger partial charge < -0.3 is 5.73 Å². The quantitative estimate of drug-likeness (QED) is 0.695. The highest BCUT2D eigenvalue weighted by Crippen LogP contribution is 2.26. The van der Waals surface area contributed by atoms with E-state index in [0.29, 0.717) is 6.42 Å². The summed E-state index contributed by atoms with van der Waals surface area (Å²) in [6.07, 6.45) is 0.635. The van der Waals surface area contributed by atoms with Crippen LogP contribution in [0, 0.1) is 16.3 Å². The Labute approximate surface area is 134 Å². The zero-order valence-electron chi connectivity index (χ0n) is 10.5. The van der Waals surface area contributed by atoms with Crippen LogP contribution in [0.1, 0.15) is 22.7 Å². The number of aryl methyl sites for hydroxylation is 1. The number of benzene rings is 2. The number of hydrogen-bond acceptors (Lipinski definition) is 1. The third kappa shape index (κ3) is 3.77. The van der Waals surface area contributed by atoms with Crippen LogP contribution in [0.25, 0.3) is 0 Å². The van der Waals surface area contributed by atoms with Crippen molar-refractivity contribution in [2.24, 2.45) is 5.73 Å². The zero-order chi connectivity index (χ0) is 14.0. The molecule has 2 aromatic rings. The van der Waals surface area contributed by atoms with Crippen molar-refractivity contribution in [3.63, 3.8) is 0 Å². The lowest BCUT2D eigenvalue weighted by Gasteiger charge is -2.16. The molecular formula is C15H14BrFIN. The summed E-state index contributed by atoms with van der Waals surface area (Å²) in [7, 11) is 0. The molecule has 2 aromatic carbocycles. The summed E-state index contributed by atoms with van der Waals surface area (Å²) in [5.74, 6) is -0.211. The van der Waals surface area contributed by atoms with Crippen molar-refractivity contribution in [1.82, 2.24) is 0 Å². The van der Waals surface area contributed by atoms with Crippen LogP contribution in [0.5, 0.6) is 0 Å². The van der Waals surface area contributed by atoms with E-state index in [0.717, 1.165) is 24.7 Å². The van der Waals surface area contributed by atoms with E-state index in [1.54, 1.807) is 12.1 Å². The third-order valence-corrected chi connectivity index (χ3v) is 4.58. The average molecular weight is 434 g/mol. The van der Waals surface area contributed by atoms with Gasteiger partial charge in [-0.25, -0.2) is 4.39 Å². The van der Waals surface area contributed by atoms with Gasteiger partial charge >= 0.3 is 0 Å². The van der Waals surface area contributed by atoms with Crippen molar-refractivity contribution in [2.75, 3.05) is 0 Å². The molecule has 0 bridgehead atoms. The molecule has 19 heavy (non-hydrogen) atoms. The van der Waals surface area contributed by atoms with E-state index in [1.165, 1.54) is 6.07 Å². The summed E-state index contributed by atoms with van der Waals surface area (Å²) in [6.45, 7) is 1.98. The Bertz CT molecular complexity index is 601. The maximum atomic E-state index is 13.3. The Morgan fingerprint density at radius 3 is 2.74 bits per heavy atom. The second kappa shape index (κ2) is 6.33. The van der Waals surface area contributed by atoms with Crippen molar-refractivity contribution in [3.05, 3.63) is 66.9 Å². The van der Waals surface area contributed by atoms with Gasteiger partial charge in [-0.15, -0.1) is 0 Å². The monoisotopic (exact) mass is 433 g/mol. The Hall–Kier alpha value is -0.460. The fourth-order valence-corrected chi connectivity index (χ4v) is 3.12. The lowest BCUT2D eigenvalue weighted by molar-refractivity contribution is 0.620. The lowest BCUT2D eigenvalue weighted by Crippen LogP contribution is -2.15. The minimum Gasteiger partial charge on any atom is -0.324 e. The predicted molar refractivity (Wildman–Crippen MR) is 88.6 cm³/mol. The first-order valence-electron chi connectivity index (χ1n) is 5.93. The SMILES string of the molecule is Cc1ccc(F)cc1CC(N)c1cc(Br)ccc1I. The predicted octanol–water partition coefficient (Wildman–Crippen LogP) is 4.74. The van der Waals surface area contributed by atoms with Gasteiger partial charge in [0.1, 0.15) is 5.82 Å². The highest BCUT2D eigenvalue weighted by Gasteiger charge is 2.13. The van der Waals surface area contributed by atoms with E-state index in [-0.39, 0.29) is 11.9 Å². The van der Waals surface area contributed by atoms with Crippen molar-refractivity contribution >= 4 is 38.5 Å². The summed E-state index contributed by atoms with van der Waals surface area (Å²) in [5.41, 5.74) is 9.38. The van der Waals surface area contributed by atoms with Gasteiger partial charge in [-0.05, 0) is 83.0 Å². The number of halogens is 3. The molecule has 2 N–H and O–H groups in total. The van der Waals surface area contributed by atoms with Crippen LogP contribution in [-0.2, 0) is 6.42 Å². The van der Waals surface area contributed by atoms with E-state index >= 15 is 0 Å².